The second-order valence-electron chi connectivity index (χ2n) is 5.95. The van der Waals surface area contributed by atoms with Crippen LogP contribution in [0, 0.1) is 25.2 Å². The maximum absolute atomic E-state index is 12.6. The lowest BCUT2D eigenvalue weighted by atomic mass is 10.2. The third-order valence-electron chi connectivity index (χ3n) is 3.84. The van der Waals surface area contributed by atoms with E-state index in [0.29, 0.717) is 23.6 Å². The summed E-state index contributed by atoms with van der Waals surface area (Å²) in [5, 5.41) is 16.0. The van der Waals surface area contributed by atoms with Gasteiger partial charge in [-0.05, 0) is 44.2 Å². The van der Waals surface area contributed by atoms with E-state index >= 15 is 0 Å². The molecule has 3 rings (SSSR count). The molecule has 0 saturated heterocycles. The van der Waals surface area contributed by atoms with E-state index in [1.54, 1.807) is 34.8 Å². The highest BCUT2D eigenvalue weighted by Gasteiger charge is 2.11. The summed E-state index contributed by atoms with van der Waals surface area (Å²) in [6, 6.07) is 15.2. The fraction of sp³-hybridized carbons (Fsp3) is 0.200. The van der Waals surface area contributed by atoms with E-state index in [1.807, 2.05) is 44.2 Å². The first kappa shape index (κ1) is 18.7. The van der Waals surface area contributed by atoms with Gasteiger partial charge in [0, 0.05) is 29.0 Å². The molecule has 3 aromatic rings. The molecule has 0 saturated carbocycles. The molecule has 0 unspecified atom stereocenters. The van der Waals surface area contributed by atoms with Gasteiger partial charge < -0.3 is 5.32 Å². The van der Waals surface area contributed by atoms with Crippen molar-refractivity contribution in [2.45, 2.75) is 25.2 Å². The van der Waals surface area contributed by atoms with Gasteiger partial charge in [0.15, 0.2) is 5.82 Å². The minimum absolute atomic E-state index is 0.226. The number of anilines is 1. The van der Waals surface area contributed by atoms with E-state index in [9.17, 15) is 4.79 Å². The standard InChI is InChI=1S/C20H19N5OS/c1-14-12-15(2)25(24-14)19-9-8-16(13-22-19)20(26)23-17-6-3-4-7-18(17)27-11-5-10-21/h3-4,6-9,12-13H,5,11H2,1-2H3,(H,23,26). The Morgan fingerprint density at radius 1 is 1.26 bits per heavy atom. The summed E-state index contributed by atoms with van der Waals surface area (Å²) in [6.45, 7) is 3.89. The van der Waals surface area contributed by atoms with Crippen LogP contribution in [0.1, 0.15) is 28.2 Å². The van der Waals surface area contributed by atoms with Crippen LogP contribution in [-0.4, -0.2) is 26.4 Å². The Balaban J connectivity index is 1.74. The summed E-state index contributed by atoms with van der Waals surface area (Å²) in [5.41, 5.74) is 3.10. The zero-order valence-corrected chi connectivity index (χ0v) is 16.0. The van der Waals surface area contributed by atoms with Gasteiger partial charge in [-0.1, -0.05) is 12.1 Å². The van der Waals surface area contributed by atoms with Crippen LogP contribution in [0.15, 0.2) is 53.6 Å². The summed E-state index contributed by atoms with van der Waals surface area (Å²) < 4.78 is 1.75. The molecule has 0 aliphatic heterocycles. The molecule has 0 fully saturated rings. The topological polar surface area (TPSA) is 83.6 Å². The smallest absolute Gasteiger partial charge is 0.257 e. The van der Waals surface area contributed by atoms with Crippen LogP contribution in [0.25, 0.3) is 5.82 Å². The van der Waals surface area contributed by atoms with E-state index in [2.05, 4.69) is 21.5 Å². The average molecular weight is 377 g/mol. The highest BCUT2D eigenvalue weighted by molar-refractivity contribution is 7.99. The molecule has 2 aromatic heterocycles. The number of nitriles is 1. The molecule has 0 aliphatic rings. The fourth-order valence-electron chi connectivity index (χ4n) is 2.60. The van der Waals surface area contributed by atoms with Crippen molar-refractivity contribution in [3.05, 3.63) is 65.6 Å². The van der Waals surface area contributed by atoms with Gasteiger partial charge in [-0.3, -0.25) is 4.79 Å². The Bertz CT molecular complexity index is 988. The molecule has 0 radical (unpaired) electrons. The second kappa shape index (κ2) is 8.52. The summed E-state index contributed by atoms with van der Waals surface area (Å²) >= 11 is 1.55. The van der Waals surface area contributed by atoms with E-state index < -0.39 is 0 Å². The Kier molecular flexibility index (Phi) is 5.89. The highest BCUT2D eigenvalue weighted by Crippen LogP contribution is 2.27. The van der Waals surface area contributed by atoms with Gasteiger partial charge in [0.2, 0.25) is 0 Å². The van der Waals surface area contributed by atoms with Crippen molar-refractivity contribution in [3.8, 4) is 11.9 Å². The number of nitrogens with one attached hydrogen (secondary N) is 1. The Hall–Kier alpha value is -3.11. The summed E-state index contributed by atoms with van der Waals surface area (Å²) in [6.07, 6.45) is 2.01. The van der Waals surface area contributed by atoms with Gasteiger partial charge in [-0.2, -0.15) is 10.4 Å². The number of rotatable bonds is 6. The predicted molar refractivity (Wildman–Crippen MR) is 106 cm³/mol. The van der Waals surface area contributed by atoms with Gasteiger partial charge in [0.1, 0.15) is 0 Å². The maximum Gasteiger partial charge on any atom is 0.257 e. The van der Waals surface area contributed by atoms with Crippen molar-refractivity contribution in [2.75, 3.05) is 11.1 Å². The number of amides is 1. The molecule has 7 heteroatoms. The zero-order valence-electron chi connectivity index (χ0n) is 15.1. The third-order valence-corrected chi connectivity index (χ3v) is 4.92. The molecule has 136 valence electrons. The summed E-state index contributed by atoms with van der Waals surface area (Å²) in [7, 11) is 0. The Morgan fingerprint density at radius 2 is 2.07 bits per heavy atom. The molecular formula is C20H19N5OS. The lowest BCUT2D eigenvalue weighted by Crippen LogP contribution is -2.13. The molecule has 1 amide bonds. The maximum atomic E-state index is 12.6. The Morgan fingerprint density at radius 3 is 2.74 bits per heavy atom. The number of benzene rings is 1. The van der Waals surface area contributed by atoms with Crippen LogP contribution in [0.3, 0.4) is 0 Å². The molecule has 27 heavy (non-hydrogen) atoms. The first-order chi connectivity index (χ1) is 13.1. The first-order valence-electron chi connectivity index (χ1n) is 8.48. The van der Waals surface area contributed by atoms with E-state index in [0.717, 1.165) is 22.0 Å². The predicted octanol–water partition coefficient (Wildman–Crippen LogP) is 4.14. The monoisotopic (exact) mass is 377 g/mol. The molecule has 6 nitrogen and oxygen atoms in total. The normalized spacial score (nSPS) is 10.4. The zero-order chi connectivity index (χ0) is 19.2. The molecule has 2 heterocycles. The van der Waals surface area contributed by atoms with Crippen LogP contribution in [-0.2, 0) is 0 Å². The molecule has 1 N–H and O–H groups in total. The first-order valence-corrected chi connectivity index (χ1v) is 9.47. The number of pyridine rings is 1. The number of aryl methyl sites for hydroxylation is 2. The fourth-order valence-corrected chi connectivity index (χ4v) is 3.47. The van der Waals surface area contributed by atoms with Gasteiger partial charge in [-0.25, -0.2) is 9.67 Å². The second-order valence-corrected chi connectivity index (χ2v) is 7.09. The van der Waals surface area contributed by atoms with Crippen LogP contribution in [0.2, 0.25) is 0 Å². The number of aromatic nitrogens is 3. The molecule has 0 atom stereocenters. The van der Waals surface area contributed by atoms with Gasteiger partial charge in [0.05, 0.1) is 23.0 Å². The minimum Gasteiger partial charge on any atom is -0.321 e. The molecule has 0 spiro atoms. The number of thioether (sulfide) groups is 1. The van der Waals surface area contributed by atoms with Crippen LogP contribution >= 0.6 is 11.8 Å². The van der Waals surface area contributed by atoms with Crippen molar-refractivity contribution in [3.63, 3.8) is 0 Å². The largest absolute Gasteiger partial charge is 0.321 e. The molecule has 0 bridgehead atoms. The number of para-hydroxylation sites is 1. The quantitative estimate of drug-likeness (QED) is 0.515. The lowest BCUT2D eigenvalue weighted by molar-refractivity contribution is 0.102. The Labute approximate surface area is 162 Å². The van der Waals surface area contributed by atoms with Gasteiger partial charge in [-0.15, -0.1) is 11.8 Å². The highest BCUT2D eigenvalue weighted by atomic mass is 32.2. The summed E-state index contributed by atoms with van der Waals surface area (Å²) in [5.74, 6) is 1.13. The lowest BCUT2D eigenvalue weighted by Gasteiger charge is -2.10. The van der Waals surface area contributed by atoms with Crippen LogP contribution < -0.4 is 5.32 Å². The number of hydrogen-bond donors (Lipinski definition) is 1. The summed E-state index contributed by atoms with van der Waals surface area (Å²) in [4.78, 5) is 17.9. The molecular weight excluding hydrogens is 358 g/mol. The van der Waals surface area contributed by atoms with Crippen LogP contribution in [0.4, 0.5) is 5.69 Å². The van der Waals surface area contributed by atoms with E-state index in [1.165, 1.54) is 0 Å². The van der Waals surface area contributed by atoms with Crippen molar-refractivity contribution >= 4 is 23.4 Å². The third kappa shape index (κ3) is 4.54. The van der Waals surface area contributed by atoms with Crippen molar-refractivity contribution in [1.29, 1.82) is 5.26 Å². The number of carbonyl (C=O) groups excluding carboxylic acids is 1. The average Bonchev–Trinajstić information content (AvgIpc) is 3.01. The van der Waals surface area contributed by atoms with Crippen molar-refractivity contribution < 1.29 is 4.79 Å². The number of hydrogen-bond acceptors (Lipinski definition) is 5. The molecule has 1 aromatic carbocycles. The van der Waals surface area contributed by atoms with E-state index in [4.69, 9.17) is 5.26 Å². The molecule has 0 aliphatic carbocycles. The minimum atomic E-state index is -0.226. The van der Waals surface area contributed by atoms with E-state index in [-0.39, 0.29) is 5.91 Å². The van der Waals surface area contributed by atoms with Crippen molar-refractivity contribution in [1.82, 2.24) is 14.8 Å². The van der Waals surface area contributed by atoms with Crippen molar-refractivity contribution in [2.24, 2.45) is 0 Å². The number of carbonyl (C=O) groups is 1. The SMILES string of the molecule is Cc1cc(C)n(-c2ccc(C(=O)Nc3ccccc3SCCC#N)cn2)n1. The van der Waals surface area contributed by atoms with Crippen LogP contribution in [0.5, 0.6) is 0 Å². The van der Waals surface area contributed by atoms with Gasteiger partial charge in [0.25, 0.3) is 5.91 Å². The number of nitrogens with zero attached hydrogens (tertiary/aromatic N) is 4. The van der Waals surface area contributed by atoms with Gasteiger partial charge >= 0.3 is 0 Å².